The summed E-state index contributed by atoms with van der Waals surface area (Å²) in [5, 5.41) is 0.835. The summed E-state index contributed by atoms with van der Waals surface area (Å²) in [6, 6.07) is 28.0. The smallest absolute Gasteiger partial charge is 0.293 e. The van der Waals surface area contributed by atoms with E-state index < -0.39 is 0 Å². The van der Waals surface area contributed by atoms with E-state index in [1.807, 2.05) is 66.7 Å². The lowest BCUT2D eigenvalue weighted by Crippen LogP contribution is -2.27. The minimum atomic E-state index is -0.237. The lowest BCUT2D eigenvalue weighted by Gasteiger charge is -2.12. The molecule has 1 aliphatic rings. The lowest BCUT2D eigenvalue weighted by atomic mass is 10.1. The van der Waals surface area contributed by atoms with Crippen LogP contribution >= 0.6 is 11.8 Å². The second-order valence-electron chi connectivity index (χ2n) is 7.47. The van der Waals surface area contributed by atoms with Crippen molar-refractivity contribution >= 4 is 39.9 Å². The molecule has 4 nitrogen and oxygen atoms in total. The maximum Gasteiger partial charge on any atom is 0.293 e. The molecule has 3 aromatic carbocycles. The molecule has 4 aromatic rings. The van der Waals surface area contributed by atoms with Gasteiger partial charge in [-0.15, -0.1) is 0 Å². The first kappa shape index (κ1) is 19.4. The average Bonchev–Trinajstić information content (AvgIpc) is 3.27. The third-order valence-corrected chi connectivity index (χ3v) is 6.27. The predicted molar refractivity (Wildman–Crippen MR) is 125 cm³/mol. The van der Waals surface area contributed by atoms with Crippen LogP contribution in [0.4, 0.5) is 4.79 Å². The van der Waals surface area contributed by atoms with E-state index in [4.69, 9.17) is 0 Å². The van der Waals surface area contributed by atoms with Gasteiger partial charge in [0.25, 0.3) is 11.1 Å². The number of thioether (sulfide) groups is 1. The molecule has 0 radical (unpaired) electrons. The number of aromatic nitrogens is 1. The van der Waals surface area contributed by atoms with Crippen molar-refractivity contribution in [3.63, 3.8) is 0 Å². The topological polar surface area (TPSA) is 42.3 Å². The number of fused-ring (bicyclic) bond motifs is 1. The Morgan fingerprint density at radius 1 is 0.742 bits per heavy atom. The molecule has 31 heavy (non-hydrogen) atoms. The fraction of sp³-hybridized carbons (Fsp3) is 0.0769. The van der Waals surface area contributed by atoms with Gasteiger partial charge >= 0.3 is 0 Å². The number of benzene rings is 3. The predicted octanol–water partition coefficient (Wildman–Crippen LogP) is 5.93. The van der Waals surface area contributed by atoms with Gasteiger partial charge in [-0.3, -0.25) is 14.5 Å². The molecule has 1 fully saturated rings. The van der Waals surface area contributed by atoms with E-state index in [1.54, 1.807) is 0 Å². The van der Waals surface area contributed by atoms with Gasteiger partial charge in [0, 0.05) is 29.2 Å². The van der Waals surface area contributed by atoms with Crippen LogP contribution in [0.3, 0.4) is 0 Å². The zero-order chi connectivity index (χ0) is 21.2. The van der Waals surface area contributed by atoms with E-state index in [0.717, 1.165) is 40.3 Å². The van der Waals surface area contributed by atoms with E-state index in [0.29, 0.717) is 11.4 Å². The van der Waals surface area contributed by atoms with Crippen LogP contribution in [0.1, 0.15) is 16.7 Å². The van der Waals surface area contributed by atoms with E-state index in [1.165, 1.54) is 10.5 Å². The van der Waals surface area contributed by atoms with Crippen molar-refractivity contribution in [2.45, 2.75) is 13.1 Å². The van der Waals surface area contributed by atoms with Gasteiger partial charge in [-0.2, -0.15) is 0 Å². The molecule has 1 aliphatic heterocycles. The number of para-hydroxylation sites is 1. The Bertz CT molecular complexity index is 1290. The Balaban J connectivity index is 1.47. The zero-order valence-electron chi connectivity index (χ0n) is 16.8. The highest BCUT2D eigenvalue weighted by Crippen LogP contribution is 2.35. The third-order valence-electron chi connectivity index (χ3n) is 5.36. The minimum Gasteiger partial charge on any atom is -0.342 e. The van der Waals surface area contributed by atoms with Gasteiger partial charge in [0.1, 0.15) is 0 Å². The number of carbonyl (C=O) groups excluding carboxylic acids is 2. The Morgan fingerprint density at radius 3 is 2.06 bits per heavy atom. The number of hydrogen-bond acceptors (Lipinski definition) is 3. The SMILES string of the molecule is O=C1S/C(=C\c2cn(Cc3ccccc3)c3ccccc23)C(=O)N1Cc1ccccc1. The van der Waals surface area contributed by atoms with Crippen molar-refractivity contribution in [3.05, 3.63) is 113 Å². The standard InChI is InChI=1S/C26H20N2O2S/c29-25-24(31-26(30)28(25)17-20-11-5-2-6-12-20)15-21-18-27(16-19-9-3-1-4-10-19)23-14-8-7-13-22(21)23/h1-15,18H,16-17H2/b24-15-. The van der Waals surface area contributed by atoms with E-state index in [-0.39, 0.29) is 11.1 Å². The second kappa shape index (κ2) is 8.28. The van der Waals surface area contributed by atoms with Crippen molar-refractivity contribution in [2.75, 3.05) is 0 Å². The molecule has 0 N–H and O–H groups in total. The van der Waals surface area contributed by atoms with Crippen molar-refractivity contribution in [2.24, 2.45) is 0 Å². The molecule has 5 rings (SSSR count). The summed E-state index contributed by atoms with van der Waals surface area (Å²) in [6.45, 7) is 1.03. The first-order valence-corrected chi connectivity index (χ1v) is 10.9. The highest BCUT2D eigenvalue weighted by Gasteiger charge is 2.35. The molecule has 0 unspecified atom stereocenters. The molecule has 0 aliphatic carbocycles. The molecular weight excluding hydrogens is 404 g/mol. The number of imide groups is 1. The van der Waals surface area contributed by atoms with Crippen molar-refractivity contribution in [3.8, 4) is 0 Å². The Kier molecular flexibility index (Phi) is 5.18. The van der Waals surface area contributed by atoms with Crippen molar-refractivity contribution in [1.82, 2.24) is 9.47 Å². The summed E-state index contributed by atoms with van der Waals surface area (Å²) >= 11 is 1.01. The van der Waals surface area contributed by atoms with Gasteiger partial charge in [0.15, 0.2) is 0 Å². The highest BCUT2D eigenvalue weighted by atomic mass is 32.2. The van der Waals surface area contributed by atoms with Gasteiger partial charge in [0.2, 0.25) is 0 Å². The van der Waals surface area contributed by atoms with Gasteiger partial charge < -0.3 is 4.57 Å². The second-order valence-corrected chi connectivity index (χ2v) is 8.46. The van der Waals surface area contributed by atoms with Crippen LogP contribution in [-0.4, -0.2) is 20.6 Å². The molecule has 0 bridgehead atoms. The molecule has 5 heteroatoms. The van der Waals surface area contributed by atoms with Crippen LogP contribution in [0, 0.1) is 0 Å². The zero-order valence-corrected chi connectivity index (χ0v) is 17.6. The summed E-state index contributed by atoms with van der Waals surface area (Å²) in [4.78, 5) is 27.3. The summed E-state index contributed by atoms with van der Waals surface area (Å²) in [6.07, 6.45) is 3.91. The number of hydrogen-bond donors (Lipinski definition) is 0. The fourth-order valence-electron chi connectivity index (χ4n) is 3.84. The molecule has 2 amide bonds. The third kappa shape index (κ3) is 3.92. The molecule has 1 saturated heterocycles. The number of nitrogens with zero attached hydrogens (tertiary/aromatic N) is 2. The summed E-state index contributed by atoms with van der Waals surface area (Å²) in [7, 11) is 0. The normalized spacial score (nSPS) is 15.4. The average molecular weight is 425 g/mol. The number of carbonyl (C=O) groups is 2. The van der Waals surface area contributed by atoms with E-state index in [2.05, 4.69) is 35.0 Å². The van der Waals surface area contributed by atoms with Crippen LogP contribution in [0.5, 0.6) is 0 Å². The number of rotatable bonds is 5. The Labute approximate surface area is 184 Å². The molecule has 0 saturated carbocycles. The molecule has 1 aromatic heterocycles. The Hall–Kier alpha value is -3.57. The van der Waals surface area contributed by atoms with Gasteiger partial charge in [-0.05, 0) is 35.0 Å². The summed E-state index contributed by atoms with van der Waals surface area (Å²) in [5.41, 5.74) is 4.18. The van der Waals surface area contributed by atoms with Gasteiger partial charge in [0.05, 0.1) is 11.4 Å². The lowest BCUT2D eigenvalue weighted by molar-refractivity contribution is -0.123. The van der Waals surface area contributed by atoms with Crippen LogP contribution < -0.4 is 0 Å². The highest BCUT2D eigenvalue weighted by molar-refractivity contribution is 8.18. The van der Waals surface area contributed by atoms with E-state index in [9.17, 15) is 9.59 Å². The summed E-state index contributed by atoms with van der Waals surface area (Å²) in [5.74, 6) is -0.237. The van der Waals surface area contributed by atoms with Crippen LogP contribution in [0.15, 0.2) is 96.0 Å². The van der Waals surface area contributed by atoms with Crippen molar-refractivity contribution < 1.29 is 9.59 Å². The molecule has 2 heterocycles. The molecule has 152 valence electrons. The molecule has 0 spiro atoms. The van der Waals surface area contributed by atoms with Crippen LogP contribution in [-0.2, 0) is 17.9 Å². The fourth-order valence-corrected chi connectivity index (χ4v) is 4.67. The molecular formula is C26H20N2O2S. The van der Waals surface area contributed by atoms with Crippen molar-refractivity contribution in [1.29, 1.82) is 0 Å². The minimum absolute atomic E-state index is 0.229. The monoisotopic (exact) mass is 424 g/mol. The summed E-state index contributed by atoms with van der Waals surface area (Å²) < 4.78 is 2.19. The first-order chi connectivity index (χ1) is 15.2. The number of amides is 2. The van der Waals surface area contributed by atoms with Gasteiger partial charge in [-0.1, -0.05) is 78.9 Å². The molecule has 0 atom stereocenters. The Morgan fingerprint density at radius 2 is 1.35 bits per heavy atom. The van der Waals surface area contributed by atoms with Crippen LogP contribution in [0.25, 0.3) is 17.0 Å². The van der Waals surface area contributed by atoms with Crippen LogP contribution in [0.2, 0.25) is 0 Å². The maximum absolute atomic E-state index is 13.0. The quantitative estimate of drug-likeness (QED) is 0.373. The maximum atomic E-state index is 13.0. The van der Waals surface area contributed by atoms with E-state index >= 15 is 0 Å². The van der Waals surface area contributed by atoms with Gasteiger partial charge in [-0.25, -0.2) is 0 Å². The largest absolute Gasteiger partial charge is 0.342 e. The first-order valence-electron chi connectivity index (χ1n) is 10.1.